The van der Waals surface area contributed by atoms with E-state index in [1.165, 1.54) is 0 Å². The Morgan fingerprint density at radius 2 is 2.33 bits per heavy atom. The van der Waals surface area contributed by atoms with Gasteiger partial charge in [-0.3, -0.25) is 4.68 Å². The molecule has 0 spiro atoms. The molecule has 0 radical (unpaired) electrons. The molecule has 1 aliphatic heterocycles. The van der Waals surface area contributed by atoms with Gasteiger partial charge in [0, 0.05) is 26.1 Å². The Balaban J connectivity index is 2.19. The molecule has 1 N–H and O–H groups in total. The van der Waals surface area contributed by atoms with Gasteiger partial charge in [-0.2, -0.15) is 5.10 Å². The summed E-state index contributed by atoms with van der Waals surface area (Å²) in [6, 6.07) is 0. The minimum atomic E-state index is 0.0451. The van der Waals surface area contributed by atoms with Crippen molar-refractivity contribution in [2.24, 2.45) is 7.05 Å². The standard InChI is InChI=1S/C10H18N4O/c1-7(2)9-12-10(14(3)13-9)8-6-11-4-5-15-8/h7-8,11H,4-6H2,1-3H3. The van der Waals surface area contributed by atoms with E-state index in [-0.39, 0.29) is 6.10 Å². The van der Waals surface area contributed by atoms with Crippen LogP contribution >= 0.6 is 0 Å². The van der Waals surface area contributed by atoms with Crippen molar-refractivity contribution in [3.8, 4) is 0 Å². The topological polar surface area (TPSA) is 52.0 Å². The predicted molar refractivity (Wildman–Crippen MR) is 56.7 cm³/mol. The highest BCUT2D eigenvalue weighted by molar-refractivity contribution is 5.01. The van der Waals surface area contributed by atoms with Crippen LogP contribution in [-0.2, 0) is 11.8 Å². The monoisotopic (exact) mass is 210 g/mol. The first-order valence-electron chi connectivity index (χ1n) is 5.41. The molecule has 5 heteroatoms. The highest BCUT2D eigenvalue weighted by Crippen LogP contribution is 2.18. The van der Waals surface area contributed by atoms with Crippen LogP contribution in [0.1, 0.15) is 37.5 Å². The number of aromatic nitrogens is 3. The number of hydrogen-bond donors (Lipinski definition) is 1. The van der Waals surface area contributed by atoms with E-state index in [0.717, 1.165) is 31.3 Å². The van der Waals surface area contributed by atoms with Crippen LogP contribution < -0.4 is 5.32 Å². The van der Waals surface area contributed by atoms with Crippen molar-refractivity contribution < 1.29 is 4.74 Å². The first-order valence-corrected chi connectivity index (χ1v) is 5.41. The van der Waals surface area contributed by atoms with Crippen molar-refractivity contribution in [2.75, 3.05) is 19.7 Å². The Kier molecular flexibility index (Phi) is 3.02. The van der Waals surface area contributed by atoms with Crippen molar-refractivity contribution in [2.45, 2.75) is 25.9 Å². The second-order valence-corrected chi connectivity index (χ2v) is 4.17. The summed E-state index contributed by atoms with van der Waals surface area (Å²) in [5.41, 5.74) is 0. The Hall–Kier alpha value is -0.940. The molecule has 0 bridgehead atoms. The van der Waals surface area contributed by atoms with Crippen molar-refractivity contribution in [1.29, 1.82) is 0 Å². The zero-order valence-corrected chi connectivity index (χ0v) is 9.53. The highest BCUT2D eigenvalue weighted by Gasteiger charge is 2.22. The van der Waals surface area contributed by atoms with Crippen molar-refractivity contribution in [1.82, 2.24) is 20.1 Å². The summed E-state index contributed by atoms with van der Waals surface area (Å²) >= 11 is 0. The first-order chi connectivity index (χ1) is 7.18. The van der Waals surface area contributed by atoms with Gasteiger partial charge in [-0.05, 0) is 0 Å². The summed E-state index contributed by atoms with van der Waals surface area (Å²) in [5.74, 6) is 2.18. The second kappa shape index (κ2) is 4.28. The summed E-state index contributed by atoms with van der Waals surface area (Å²) in [4.78, 5) is 4.52. The lowest BCUT2D eigenvalue weighted by atomic mass is 10.2. The van der Waals surface area contributed by atoms with E-state index >= 15 is 0 Å². The number of aryl methyl sites for hydroxylation is 1. The zero-order chi connectivity index (χ0) is 10.8. The largest absolute Gasteiger partial charge is 0.368 e. The third kappa shape index (κ3) is 2.18. The van der Waals surface area contributed by atoms with E-state index in [9.17, 15) is 0 Å². The second-order valence-electron chi connectivity index (χ2n) is 4.17. The van der Waals surface area contributed by atoms with Gasteiger partial charge in [-0.15, -0.1) is 0 Å². The smallest absolute Gasteiger partial charge is 0.157 e. The van der Waals surface area contributed by atoms with Crippen LogP contribution in [0.2, 0.25) is 0 Å². The molecule has 1 saturated heterocycles. The molecule has 1 fully saturated rings. The van der Waals surface area contributed by atoms with E-state index in [1.54, 1.807) is 0 Å². The fourth-order valence-corrected chi connectivity index (χ4v) is 1.67. The molecule has 0 aliphatic carbocycles. The number of hydrogen-bond acceptors (Lipinski definition) is 4. The van der Waals surface area contributed by atoms with Gasteiger partial charge in [0.05, 0.1) is 6.61 Å². The Bertz CT molecular complexity index is 328. The zero-order valence-electron chi connectivity index (χ0n) is 9.53. The van der Waals surface area contributed by atoms with Crippen LogP contribution in [0.15, 0.2) is 0 Å². The molecular weight excluding hydrogens is 192 g/mol. The lowest BCUT2D eigenvalue weighted by Gasteiger charge is -2.22. The fourth-order valence-electron chi connectivity index (χ4n) is 1.67. The number of nitrogens with one attached hydrogen (secondary N) is 1. The molecule has 0 saturated carbocycles. The molecule has 1 aromatic rings. The fraction of sp³-hybridized carbons (Fsp3) is 0.800. The van der Waals surface area contributed by atoms with Crippen molar-refractivity contribution in [3.63, 3.8) is 0 Å². The molecular formula is C10H18N4O. The normalized spacial score (nSPS) is 22.3. The molecule has 2 rings (SSSR count). The van der Waals surface area contributed by atoms with Gasteiger partial charge in [-0.1, -0.05) is 13.8 Å². The summed E-state index contributed by atoms with van der Waals surface area (Å²) in [6.07, 6.45) is 0.0451. The average molecular weight is 210 g/mol. The summed E-state index contributed by atoms with van der Waals surface area (Å²) in [7, 11) is 1.92. The Labute approximate surface area is 89.8 Å². The van der Waals surface area contributed by atoms with Crippen molar-refractivity contribution in [3.05, 3.63) is 11.6 Å². The molecule has 0 amide bonds. The number of morpholine rings is 1. The quantitative estimate of drug-likeness (QED) is 0.776. The molecule has 1 unspecified atom stereocenters. The number of rotatable bonds is 2. The van der Waals surface area contributed by atoms with Crippen LogP contribution in [0.25, 0.3) is 0 Å². The summed E-state index contributed by atoms with van der Waals surface area (Å²) < 4.78 is 7.48. The third-order valence-electron chi connectivity index (χ3n) is 2.55. The van der Waals surface area contributed by atoms with Crippen LogP contribution in [-0.4, -0.2) is 34.5 Å². The summed E-state index contributed by atoms with van der Waals surface area (Å²) in [6.45, 7) is 6.68. The maximum atomic E-state index is 5.65. The molecule has 15 heavy (non-hydrogen) atoms. The average Bonchev–Trinajstić information content (AvgIpc) is 2.62. The van der Waals surface area contributed by atoms with E-state index in [4.69, 9.17) is 4.74 Å². The molecule has 1 aliphatic rings. The lowest BCUT2D eigenvalue weighted by Crippen LogP contribution is -2.34. The van der Waals surface area contributed by atoms with E-state index in [2.05, 4.69) is 29.2 Å². The van der Waals surface area contributed by atoms with Gasteiger partial charge in [0.2, 0.25) is 0 Å². The minimum absolute atomic E-state index is 0.0451. The molecule has 84 valence electrons. The van der Waals surface area contributed by atoms with E-state index in [1.807, 2.05) is 11.7 Å². The molecule has 1 atom stereocenters. The first kappa shape index (κ1) is 10.6. The van der Waals surface area contributed by atoms with Gasteiger partial charge >= 0.3 is 0 Å². The third-order valence-corrected chi connectivity index (χ3v) is 2.55. The maximum Gasteiger partial charge on any atom is 0.157 e. The maximum absolute atomic E-state index is 5.65. The van der Waals surface area contributed by atoms with Gasteiger partial charge in [0.1, 0.15) is 6.10 Å². The lowest BCUT2D eigenvalue weighted by molar-refractivity contribution is 0.0199. The highest BCUT2D eigenvalue weighted by atomic mass is 16.5. The molecule has 0 aromatic carbocycles. The number of nitrogens with zero attached hydrogens (tertiary/aromatic N) is 3. The predicted octanol–water partition coefficient (Wildman–Crippen LogP) is 0.599. The van der Waals surface area contributed by atoms with Gasteiger partial charge < -0.3 is 10.1 Å². The SMILES string of the molecule is CC(C)c1nc(C2CNCCO2)n(C)n1. The van der Waals surface area contributed by atoms with Gasteiger partial charge in [0.25, 0.3) is 0 Å². The summed E-state index contributed by atoms with van der Waals surface area (Å²) in [5, 5.41) is 7.68. The van der Waals surface area contributed by atoms with Crippen LogP contribution in [0.3, 0.4) is 0 Å². The van der Waals surface area contributed by atoms with E-state index < -0.39 is 0 Å². The molecule has 5 nitrogen and oxygen atoms in total. The Morgan fingerprint density at radius 1 is 1.53 bits per heavy atom. The molecule has 1 aromatic heterocycles. The van der Waals surface area contributed by atoms with Gasteiger partial charge in [-0.25, -0.2) is 4.98 Å². The van der Waals surface area contributed by atoms with Gasteiger partial charge in [0.15, 0.2) is 11.6 Å². The number of ether oxygens (including phenoxy) is 1. The Morgan fingerprint density at radius 3 is 2.87 bits per heavy atom. The minimum Gasteiger partial charge on any atom is -0.368 e. The van der Waals surface area contributed by atoms with Crippen LogP contribution in [0.4, 0.5) is 0 Å². The van der Waals surface area contributed by atoms with Crippen LogP contribution in [0, 0.1) is 0 Å². The van der Waals surface area contributed by atoms with E-state index in [0.29, 0.717) is 5.92 Å². The van der Waals surface area contributed by atoms with Crippen molar-refractivity contribution >= 4 is 0 Å². The van der Waals surface area contributed by atoms with Crippen LogP contribution in [0.5, 0.6) is 0 Å². The molecule has 2 heterocycles.